The smallest absolute Gasteiger partial charge is 0.345 e. The van der Waals surface area contributed by atoms with Gasteiger partial charge in [0.25, 0.3) is 0 Å². The van der Waals surface area contributed by atoms with Gasteiger partial charge in [0, 0.05) is 37.0 Å². The molecular formula is C23H22N2O4. The topological polar surface area (TPSA) is 81.0 Å². The first-order valence-electron chi connectivity index (χ1n) is 9.30. The van der Waals surface area contributed by atoms with E-state index < -0.39 is 12.1 Å². The number of carboxylic acid groups (broad SMARTS) is 1. The average molecular weight is 390 g/mol. The number of aromatic nitrogens is 1. The number of para-hydroxylation sites is 1. The fourth-order valence-corrected chi connectivity index (χ4v) is 2.73. The third kappa shape index (κ3) is 6.17. The summed E-state index contributed by atoms with van der Waals surface area (Å²) in [6, 6.07) is 20.9. The van der Waals surface area contributed by atoms with Gasteiger partial charge in [0.15, 0.2) is 0 Å². The van der Waals surface area contributed by atoms with Gasteiger partial charge in [-0.3, -0.25) is 4.98 Å². The molecule has 0 saturated heterocycles. The Hall–Kier alpha value is -3.67. The Labute approximate surface area is 169 Å². The minimum Gasteiger partial charge on any atom is -0.478 e. The number of benzene rings is 2. The van der Waals surface area contributed by atoms with Crippen molar-refractivity contribution in [1.29, 1.82) is 0 Å². The molecule has 0 aliphatic rings. The van der Waals surface area contributed by atoms with Gasteiger partial charge < -0.3 is 14.7 Å². The zero-order valence-corrected chi connectivity index (χ0v) is 15.8. The van der Waals surface area contributed by atoms with Crippen molar-refractivity contribution in [1.82, 2.24) is 4.98 Å². The van der Waals surface area contributed by atoms with Gasteiger partial charge in [-0.2, -0.15) is 0 Å². The molecule has 0 bridgehead atoms. The maximum Gasteiger partial charge on any atom is 0.345 e. The molecule has 2 aromatic carbocycles. The van der Waals surface area contributed by atoms with Crippen LogP contribution >= 0.6 is 0 Å². The second kappa shape index (κ2) is 10.6. The number of ether oxygens (including phenoxy) is 1. The monoisotopic (exact) mass is 390 g/mol. The fraction of sp³-hybridized carbons (Fsp3) is 0.174. The first-order chi connectivity index (χ1) is 14.2. The Bertz CT molecular complexity index is 930. The number of carboxylic acids is 1. The summed E-state index contributed by atoms with van der Waals surface area (Å²) in [5.41, 5.74) is 2.84. The second-order valence-electron chi connectivity index (χ2n) is 6.28. The standard InChI is InChI=1S/C23H22N2O4/c26-23(27)22(12-15-25-28-16-13-18-7-6-14-24-17-18)29-21-11-5-4-10-20(21)19-8-2-1-3-9-19/h1-11,14-15,17,22H,12-13,16H2,(H,26,27). The van der Waals surface area contributed by atoms with Gasteiger partial charge in [-0.1, -0.05) is 59.8 Å². The molecule has 0 aliphatic heterocycles. The van der Waals surface area contributed by atoms with Crippen molar-refractivity contribution in [3.63, 3.8) is 0 Å². The predicted molar refractivity (Wildman–Crippen MR) is 111 cm³/mol. The molecule has 29 heavy (non-hydrogen) atoms. The molecule has 1 unspecified atom stereocenters. The molecule has 1 atom stereocenters. The van der Waals surface area contributed by atoms with Crippen LogP contribution in [0.3, 0.4) is 0 Å². The van der Waals surface area contributed by atoms with E-state index in [1.54, 1.807) is 18.5 Å². The van der Waals surface area contributed by atoms with Gasteiger partial charge >= 0.3 is 5.97 Å². The number of hydrogen-bond donors (Lipinski definition) is 1. The van der Waals surface area contributed by atoms with E-state index in [1.165, 1.54) is 6.21 Å². The highest BCUT2D eigenvalue weighted by molar-refractivity contribution is 5.78. The number of aliphatic carboxylic acids is 1. The van der Waals surface area contributed by atoms with Crippen molar-refractivity contribution in [3.05, 3.63) is 84.7 Å². The summed E-state index contributed by atoms with van der Waals surface area (Å²) in [6.07, 6.45) is 4.61. The molecule has 0 radical (unpaired) electrons. The molecule has 0 amide bonds. The Morgan fingerprint density at radius 3 is 2.62 bits per heavy atom. The van der Waals surface area contributed by atoms with E-state index in [2.05, 4.69) is 10.1 Å². The van der Waals surface area contributed by atoms with E-state index in [4.69, 9.17) is 9.57 Å². The molecule has 148 valence electrons. The summed E-state index contributed by atoms with van der Waals surface area (Å²) in [7, 11) is 0. The Kier molecular flexibility index (Phi) is 7.34. The number of hydrogen-bond acceptors (Lipinski definition) is 5. The molecule has 1 N–H and O–H groups in total. The Morgan fingerprint density at radius 2 is 1.86 bits per heavy atom. The van der Waals surface area contributed by atoms with E-state index in [0.717, 1.165) is 16.7 Å². The second-order valence-corrected chi connectivity index (χ2v) is 6.28. The minimum absolute atomic E-state index is 0.0886. The van der Waals surface area contributed by atoms with Gasteiger partial charge in [-0.15, -0.1) is 0 Å². The summed E-state index contributed by atoms with van der Waals surface area (Å²) in [5, 5.41) is 13.4. The van der Waals surface area contributed by atoms with E-state index >= 15 is 0 Å². The lowest BCUT2D eigenvalue weighted by Crippen LogP contribution is -2.27. The Balaban J connectivity index is 1.56. The SMILES string of the molecule is O=C(O)C(CC=NOCCc1cccnc1)Oc1ccccc1-c1ccccc1. The third-order valence-electron chi connectivity index (χ3n) is 4.19. The molecule has 0 spiro atoms. The largest absolute Gasteiger partial charge is 0.478 e. The van der Waals surface area contributed by atoms with Crippen LogP contribution in [-0.2, 0) is 16.1 Å². The number of nitrogens with zero attached hydrogens (tertiary/aromatic N) is 2. The van der Waals surface area contributed by atoms with E-state index in [0.29, 0.717) is 18.8 Å². The van der Waals surface area contributed by atoms with E-state index in [1.807, 2.05) is 60.7 Å². The molecular weight excluding hydrogens is 368 g/mol. The zero-order chi connectivity index (χ0) is 20.3. The highest BCUT2D eigenvalue weighted by atomic mass is 16.6. The van der Waals surface area contributed by atoms with Crippen molar-refractivity contribution in [2.24, 2.45) is 5.16 Å². The Morgan fingerprint density at radius 1 is 1.07 bits per heavy atom. The van der Waals surface area contributed by atoms with Crippen molar-refractivity contribution in [2.75, 3.05) is 6.61 Å². The number of rotatable bonds is 10. The quantitative estimate of drug-likeness (QED) is 0.318. The summed E-state index contributed by atoms with van der Waals surface area (Å²) >= 11 is 0. The third-order valence-corrected chi connectivity index (χ3v) is 4.19. The normalized spacial score (nSPS) is 11.9. The van der Waals surface area contributed by atoms with Gasteiger partial charge in [0.05, 0.1) is 0 Å². The van der Waals surface area contributed by atoms with Crippen LogP contribution in [0.1, 0.15) is 12.0 Å². The molecule has 1 heterocycles. The number of oxime groups is 1. The van der Waals surface area contributed by atoms with Crippen LogP contribution in [0.15, 0.2) is 84.3 Å². The van der Waals surface area contributed by atoms with Crippen LogP contribution in [0, 0.1) is 0 Å². The van der Waals surface area contributed by atoms with Crippen molar-refractivity contribution in [2.45, 2.75) is 18.9 Å². The first kappa shape index (κ1) is 20.1. The molecule has 6 heteroatoms. The highest BCUT2D eigenvalue weighted by Crippen LogP contribution is 2.30. The van der Waals surface area contributed by atoms with Crippen molar-refractivity contribution >= 4 is 12.2 Å². The number of pyridine rings is 1. The summed E-state index contributed by atoms with van der Waals surface area (Å²) in [4.78, 5) is 20.9. The average Bonchev–Trinajstić information content (AvgIpc) is 2.77. The molecule has 0 fully saturated rings. The van der Waals surface area contributed by atoms with Gasteiger partial charge in [0.1, 0.15) is 12.4 Å². The first-order valence-corrected chi connectivity index (χ1v) is 9.30. The summed E-state index contributed by atoms with van der Waals surface area (Å²) < 4.78 is 5.78. The maximum atomic E-state index is 11.6. The highest BCUT2D eigenvalue weighted by Gasteiger charge is 2.20. The summed E-state index contributed by atoms with van der Waals surface area (Å²) in [5.74, 6) is -0.549. The van der Waals surface area contributed by atoms with Gasteiger partial charge in [-0.25, -0.2) is 4.79 Å². The van der Waals surface area contributed by atoms with Crippen LogP contribution < -0.4 is 4.74 Å². The molecule has 3 rings (SSSR count). The van der Waals surface area contributed by atoms with Gasteiger partial charge in [-0.05, 0) is 23.3 Å². The lowest BCUT2D eigenvalue weighted by molar-refractivity contribution is -0.144. The predicted octanol–water partition coefficient (Wildman–Crippen LogP) is 4.22. The number of carbonyl (C=O) groups is 1. The van der Waals surface area contributed by atoms with Crippen LogP contribution in [-0.4, -0.2) is 35.0 Å². The van der Waals surface area contributed by atoms with Gasteiger partial charge in [0.2, 0.25) is 6.10 Å². The van der Waals surface area contributed by atoms with Crippen molar-refractivity contribution < 1.29 is 19.5 Å². The van der Waals surface area contributed by atoms with E-state index in [9.17, 15) is 9.90 Å². The molecule has 0 aliphatic carbocycles. The molecule has 0 saturated carbocycles. The van der Waals surface area contributed by atoms with Crippen molar-refractivity contribution in [3.8, 4) is 16.9 Å². The van der Waals surface area contributed by atoms with Crippen LogP contribution in [0.25, 0.3) is 11.1 Å². The van der Waals surface area contributed by atoms with Crippen LogP contribution in [0.5, 0.6) is 5.75 Å². The lowest BCUT2D eigenvalue weighted by Gasteiger charge is -2.16. The molecule has 3 aromatic rings. The maximum absolute atomic E-state index is 11.6. The van der Waals surface area contributed by atoms with Crippen LogP contribution in [0.4, 0.5) is 0 Å². The molecule has 1 aromatic heterocycles. The van der Waals surface area contributed by atoms with E-state index in [-0.39, 0.29) is 6.42 Å². The van der Waals surface area contributed by atoms with Crippen LogP contribution in [0.2, 0.25) is 0 Å². The fourth-order valence-electron chi connectivity index (χ4n) is 2.73. The zero-order valence-electron chi connectivity index (χ0n) is 15.8. The minimum atomic E-state index is -1.06. The lowest BCUT2D eigenvalue weighted by atomic mass is 10.0. The molecule has 6 nitrogen and oxygen atoms in total. The summed E-state index contributed by atoms with van der Waals surface area (Å²) in [6.45, 7) is 0.387.